The molecular formula is C22H22Cl2N2O5S. The number of carbonyl (C=O) groups is 1. The van der Waals surface area contributed by atoms with Gasteiger partial charge in [0.15, 0.2) is 11.5 Å². The number of rotatable bonds is 4. The summed E-state index contributed by atoms with van der Waals surface area (Å²) >= 11 is 11.9. The predicted molar refractivity (Wildman–Crippen MR) is 123 cm³/mol. The van der Waals surface area contributed by atoms with Crippen LogP contribution in [0.25, 0.3) is 6.08 Å². The Labute approximate surface area is 197 Å². The molecule has 0 aromatic heterocycles. The number of piperazine rings is 1. The summed E-state index contributed by atoms with van der Waals surface area (Å²) in [6, 6.07) is 9.76. The second kappa shape index (κ2) is 9.70. The monoisotopic (exact) mass is 496 g/mol. The van der Waals surface area contributed by atoms with Crippen LogP contribution in [0.2, 0.25) is 10.0 Å². The maximum Gasteiger partial charge on any atom is 0.246 e. The Morgan fingerprint density at radius 3 is 2.34 bits per heavy atom. The first-order chi connectivity index (χ1) is 15.3. The molecule has 1 amide bonds. The quantitative estimate of drug-likeness (QED) is 0.603. The van der Waals surface area contributed by atoms with Crippen LogP contribution in [0.4, 0.5) is 0 Å². The highest BCUT2D eigenvalue weighted by atomic mass is 35.5. The fraction of sp³-hybridized carbons (Fsp3) is 0.318. The molecule has 0 spiro atoms. The van der Waals surface area contributed by atoms with Crippen LogP contribution < -0.4 is 9.47 Å². The van der Waals surface area contributed by atoms with E-state index in [2.05, 4.69) is 0 Å². The third-order valence-electron chi connectivity index (χ3n) is 5.27. The Hall–Kier alpha value is -2.26. The Bertz CT molecular complexity index is 1150. The molecule has 170 valence electrons. The van der Waals surface area contributed by atoms with Gasteiger partial charge in [0.2, 0.25) is 15.9 Å². The summed E-state index contributed by atoms with van der Waals surface area (Å²) in [5.74, 6) is 0.791. The Morgan fingerprint density at radius 1 is 0.906 bits per heavy atom. The first kappa shape index (κ1) is 22.9. The van der Waals surface area contributed by atoms with E-state index in [1.165, 1.54) is 22.5 Å². The van der Waals surface area contributed by atoms with Crippen molar-refractivity contribution in [2.75, 3.05) is 39.4 Å². The van der Waals surface area contributed by atoms with E-state index < -0.39 is 10.0 Å². The van der Waals surface area contributed by atoms with Crippen molar-refractivity contribution in [2.24, 2.45) is 0 Å². The van der Waals surface area contributed by atoms with Gasteiger partial charge in [-0.1, -0.05) is 29.3 Å². The van der Waals surface area contributed by atoms with Gasteiger partial charge >= 0.3 is 0 Å². The maximum absolute atomic E-state index is 13.1. The molecule has 7 nitrogen and oxygen atoms in total. The van der Waals surface area contributed by atoms with Crippen LogP contribution in [0.15, 0.2) is 47.4 Å². The van der Waals surface area contributed by atoms with E-state index in [0.717, 1.165) is 12.0 Å². The maximum atomic E-state index is 13.1. The van der Waals surface area contributed by atoms with Crippen molar-refractivity contribution < 1.29 is 22.7 Å². The van der Waals surface area contributed by atoms with Crippen LogP contribution in [0, 0.1) is 0 Å². The van der Waals surface area contributed by atoms with Crippen LogP contribution >= 0.6 is 23.2 Å². The molecule has 0 N–H and O–H groups in total. The summed E-state index contributed by atoms with van der Waals surface area (Å²) in [6.07, 6.45) is 3.85. The van der Waals surface area contributed by atoms with Gasteiger partial charge in [0.1, 0.15) is 0 Å². The molecule has 0 radical (unpaired) electrons. The zero-order chi connectivity index (χ0) is 22.7. The third kappa shape index (κ3) is 5.04. The van der Waals surface area contributed by atoms with Gasteiger partial charge in [-0.2, -0.15) is 4.31 Å². The average molecular weight is 497 g/mol. The summed E-state index contributed by atoms with van der Waals surface area (Å²) in [6.45, 7) is 2.04. The van der Waals surface area contributed by atoms with Crippen molar-refractivity contribution in [3.8, 4) is 11.5 Å². The zero-order valence-corrected chi connectivity index (χ0v) is 19.5. The second-order valence-electron chi connectivity index (χ2n) is 7.40. The summed E-state index contributed by atoms with van der Waals surface area (Å²) in [4.78, 5) is 14.3. The van der Waals surface area contributed by atoms with E-state index >= 15 is 0 Å². The molecule has 0 unspecified atom stereocenters. The molecule has 4 rings (SSSR count). The number of sulfonamides is 1. The van der Waals surface area contributed by atoms with Crippen LogP contribution in [-0.4, -0.2) is 62.9 Å². The van der Waals surface area contributed by atoms with Crippen molar-refractivity contribution in [2.45, 2.75) is 11.3 Å². The molecule has 2 aromatic carbocycles. The minimum atomic E-state index is -3.71. The Balaban J connectivity index is 1.39. The Kier molecular flexibility index (Phi) is 6.95. The lowest BCUT2D eigenvalue weighted by molar-refractivity contribution is -0.127. The summed E-state index contributed by atoms with van der Waals surface area (Å²) in [7, 11) is -3.71. The number of amides is 1. The van der Waals surface area contributed by atoms with Crippen LogP contribution in [0.1, 0.15) is 12.0 Å². The number of benzene rings is 2. The fourth-order valence-electron chi connectivity index (χ4n) is 3.49. The number of hydrogen-bond donors (Lipinski definition) is 0. The molecule has 10 heteroatoms. The highest BCUT2D eigenvalue weighted by Gasteiger charge is 2.30. The lowest BCUT2D eigenvalue weighted by Crippen LogP contribution is -2.50. The van der Waals surface area contributed by atoms with Gasteiger partial charge in [0, 0.05) is 44.7 Å². The first-order valence-electron chi connectivity index (χ1n) is 10.2. The van der Waals surface area contributed by atoms with E-state index in [-0.39, 0.29) is 23.9 Å². The van der Waals surface area contributed by atoms with Crippen molar-refractivity contribution >= 4 is 45.2 Å². The number of carbonyl (C=O) groups excluding carboxylic acids is 1. The van der Waals surface area contributed by atoms with Gasteiger partial charge in [-0.3, -0.25) is 4.79 Å². The zero-order valence-electron chi connectivity index (χ0n) is 17.2. The molecule has 32 heavy (non-hydrogen) atoms. The standard InChI is InChI=1S/C22H22Cl2N2O5S/c23-18-5-2-16(14-19(18)24)3-7-22(27)25-8-10-26(11-9-25)32(28,29)17-4-6-20-21(15-17)31-13-1-12-30-20/h2-7,14-15H,1,8-13H2/b7-3+. The van der Waals surface area contributed by atoms with E-state index in [0.29, 0.717) is 47.8 Å². The number of nitrogens with zero attached hydrogens (tertiary/aromatic N) is 2. The van der Waals surface area contributed by atoms with Gasteiger partial charge in [0.05, 0.1) is 28.2 Å². The van der Waals surface area contributed by atoms with Crippen molar-refractivity contribution in [1.29, 1.82) is 0 Å². The molecule has 2 aromatic rings. The molecular weight excluding hydrogens is 475 g/mol. The highest BCUT2D eigenvalue weighted by molar-refractivity contribution is 7.89. The van der Waals surface area contributed by atoms with Gasteiger partial charge in [-0.05, 0) is 35.9 Å². The normalized spacial score (nSPS) is 17.4. The van der Waals surface area contributed by atoms with Crippen LogP contribution in [-0.2, 0) is 14.8 Å². The molecule has 1 fully saturated rings. The number of halogens is 2. The minimum Gasteiger partial charge on any atom is -0.490 e. The van der Waals surface area contributed by atoms with E-state index in [9.17, 15) is 13.2 Å². The topological polar surface area (TPSA) is 76.2 Å². The van der Waals surface area contributed by atoms with Crippen LogP contribution in [0.3, 0.4) is 0 Å². The molecule has 2 aliphatic heterocycles. The van der Waals surface area contributed by atoms with Crippen molar-refractivity contribution in [3.63, 3.8) is 0 Å². The summed E-state index contributed by atoms with van der Waals surface area (Å²) in [5.41, 5.74) is 0.753. The second-order valence-corrected chi connectivity index (χ2v) is 10.1. The lowest BCUT2D eigenvalue weighted by Gasteiger charge is -2.33. The average Bonchev–Trinajstić information content (AvgIpc) is 3.04. The summed E-state index contributed by atoms with van der Waals surface area (Å²) < 4.78 is 38.8. The Morgan fingerprint density at radius 2 is 1.62 bits per heavy atom. The van der Waals surface area contributed by atoms with Crippen molar-refractivity contribution in [1.82, 2.24) is 9.21 Å². The summed E-state index contributed by atoms with van der Waals surface area (Å²) in [5, 5.41) is 0.857. The molecule has 1 saturated heterocycles. The van der Waals surface area contributed by atoms with Gasteiger partial charge in [-0.25, -0.2) is 8.42 Å². The van der Waals surface area contributed by atoms with E-state index in [1.54, 1.807) is 35.2 Å². The largest absolute Gasteiger partial charge is 0.490 e. The SMILES string of the molecule is O=C(/C=C/c1ccc(Cl)c(Cl)c1)N1CCN(S(=O)(=O)c2ccc3c(c2)OCCCO3)CC1. The molecule has 0 atom stereocenters. The lowest BCUT2D eigenvalue weighted by atomic mass is 10.2. The molecule has 0 saturated carbocycles. The molecule has 0 bridgehead atoms. The van der Waals surface area contributed by atoms with Gasteiger partial charge < -0.3 is 14.4 Å². The van der Waals surface area contributed by atoms with E-state index in [4.69, 9.17) is 32.7 Å². The highest BCUT2D eigenvalue weighted by Crippen LogP contribution is 2.33. The number of hydrogen-bond acceptors (Lipinski definition) is 5. The van der Waals surface area contributed by atoms with Crippen molar-refractivity contribution in [3.05, 3.63) is 58.1 Å². The predicted octanol–water partition coefficient (Wildman–Crippen LogP) is 3.70. The molecule has 2 heterocycles. The number of ether oxygens (including phenoxy) is 2. The third-order valence-corrected chi connectivity index (χ3v) is 7.90. The first-order valence-corrected chi connectivity index (χ1v) is 12.4. The number of fused-ring (bicyclic) bond motifs is 1. The van der Waals surface area contributed by atoms with E-state index in [1.807, 2.05) is 0 Å². The van der Waals surface area contributed by atoms with Gasteiger partial charge in [0.25, 0.3) is 0 Å². The van der Waals surface area contributed by atoms with Gasteiger partial charge in [-0.15, -0.1) is 0 Å². The minimum absolute atomic E-state index is 0.154. The fourth-order valence-corrected chi connectivity index (χ4v) is 5.24. The smallest absolute Gasteiger partial charge is 0.246 e. The van der Waals surface area contributed by atoms with Crippen LogP contribution in [0.5, 0.6) is 11.5 Å². The molecule has 0 aliphatic carbocycles. The molecule has 2 aliphatic rings.